The number of rotatable bonds is 4. The molecule has 0 unspecified atom stereocenters. The molecule has 0 amide bonds. The lowest BCUT2D eigenvalue weighted by molar-refractivity contribution is 0.791. The van der Waals surface area contributed by atoms with Gasteiger partial charge in [-0.2, -0.15) is 0 Å². The van der Waals surface area contributed by atoms with Gasteiger partial charge in [-0.25, -0.2) is 0 Å². The molecule has 3 nitrogen and oxygen atoms in total. The summed E-state index contributed by atoms with van der Waals surface area (Å²) in [6.07, 6.45) is 3.50. The van der Waals surface area contributed by atoms with Gasteiger partial charge in [0.25, 0.3) is 0 Å². The van der Waals surface area contributed by atoms with Crippen LogP contribution in [-0.4, -0.2) is 0 Å². The van der Waals surface area contributed by atoms with Crippen molar-refractivity contribution < 1.29 is 0 Å². The first-order valence-electron chi connectivity index (χ1n) is 5.04. The molecule has 0 aliphatic carbocycles. The molecule has 3 heteroatoms. The summed E-state index contributed by atoms with van der Waals surface area (Å²) in [6.45, 7) is 4.28. The second-order valence-electron chi connectivity index (χ2n) is 3.61. The predicted molar refractivity (Wildman–Crippen MR) is 62.0 cm³/mol. The van der Waals surface area contributed by atoms with Gasteiger partial charge in [0.15, 0.2) is 0 Å². The highest BCUT2D eigenvalue weighted by Crippen LogP contribution is 2.23. The van der Waals surface area contributed by atoms with E-state index in [0.29, 0.717) is 0 Å². The maximum absolute atomic E-state index is 5.83. The van der Waals surface area contributed by atoms with Crippen LogP contribution in [0.5, 0.6) is 0 Å². The molecule has 1 rings (SSSR count). The Balaban J connectivity index is 2.90. The molecule has 0 fully saturated rings. The molecule has 0 spiro atoms. The number of hydrazine groups is 1. The lowest BCUT2D eigenvalue weighted by Gasteiger charge is -2.10. The maximum Gasteiger partial charge on any atom is 0.0718 e. The number of unbranched alkanes of at least 4 members (excludes halogenated alkanes) is 1. The second kappa shape index (κ2) is 4.86. The van der Waals surface area contributed by atoms with Crippen LogP contribution in [0.25, 0.3) is 0 Å². The van der Waals surface area contributed by atoms with Crippen molar-refractivity contribution in [3.63, 3.8) is 0 Å². The van der Waals surface area contributed by atoms with E-state index in [1.807, 2.05) is 12.1 Å². The first-order chi connectivity index (χ1) is 6.69. The van der Waals surface area contributed by atoms with Crippen LogP contribution in [0, 0.1) is 6.92 Å². The van der Waals surface area contributed by atoms with E-state index < -0.39 is 0 Å². The van der Waals surface area contributed by atoms with Crippen molar-refractivity contribution in [3.05, 3.63) is 23.3 Å². The van der Waals surface area contributed by atoms with Crippen LogP contribution < -0.4 is 17.0 Å². The van der Waals surface area contributed by atoms with Gasteiger partial charge in [-0.15, -0.1) is 0 Å². The second-order valence-corrected chi connectivity index (χ2v) is 3.61. The highest BCUT2D eigenvalue weighted by atomic mass is 15.2. The van der Waals surface area contributed by atoms with Crippen molar-refractivity contribution in [1.82, 2.24) is 0 Å². The van der Waals surface area contributed by atoms with Crippen molar-refractivity contribution in [2.45, 2.75) is 33.1 Å². The molecule has 0 aliphatic heterocycles. The standard InChI is InChI=1S/C11H19N3/c1-3-4-5-9-7-10(12)11(14-13)6-8(9)2/h6-7,14H,3-5,12-13H2,1-2H3. The number of nitrogens with two attached hydrogens (primary N) is 2. The molecule has 0 aromatic heterocycles. The number of nitrogens with one attached hydrogen (secondary N) is 1. The summed E-state index contributed by atoms with van der Waals surface area (Å²) in [7, 11) is 0. The predicted octanol–water partition coefficient (Wildman–Crippen LogP) is 2.21. The minimum atomic E-state index is 0.726. The molecule has 0 aliphatic rings. The molecule has 1 aromatic rings. The van der Waals surface area contributed by atoms with Crippen LogP contribution in [0.3, 0.4) is 0 Å². The number of hydrogen-bond acceptors (Lipinski definition) is 3. The van der Waals surface area contributed by atoms with Gasteiger partial charge in [-0.3, -0.25) is 5.84 Å². The summed E-state index contributed by atoms with van der Waals surface area (Å²) in [6, 6.07) is 4.01. The van der Waals surface area contributed by atoms with Crippen molar-refractivity contribution in [2.24, 2.45) is 5.84 Å². The largest absolute Gasteiger partial charge is 0.397 e. The topological polar surface area (TPSA) is 64.1 Å². The van der Waals surface area contributed by atoms with Gasteiger partial charge >= 0.3 is 0 Å². The first-order valence-corrected chi connectivity index (χ1v) is 5.04. The normalized spacial score (nSPS) is 10.2. The highest BCUT2D eigenvalue weighted by molar-refractivity contribution is 5.68. The van der Waals surface area contributed by atoms with Gasteiger partial charge in [0, 0.05) is 0 Å². The summed E-state index contributed by atoms with van der Waals surface area (Å²) < 4.78 is 0. The van der Waals surface area contributed by atoms with E-state index in [1.54, 1.807) is 0 Å². The molecule has 0 saturated carbocycles. The van der Waals surface area contributed by atoms with E-state index in [2.05, 4.69) is 19.3 Å². The number of nitrogen functional groups attached to an aromatic ring is 2. The number of benzene rings is 1. The van der Waals surface area contributed by atoms with Crippen LogP contribution in [0.4, 0.5) is 11.4 Å². The third-order valence-electron chi connectivity index (χ3n) is 2.46. The Labute approximate surface area is 85.5 Å². The fourth-order valence-electron chi connectivity index (χ4n) is 1.53. The molecule has 0 atom stereocenters. The fraction of sp³-hybridized carbons (Fsp3) is 0.455. The highest BCUT2D eigenvalue weighted by Gasteiger charge is 2.03. The van der Waals surface area contributed by atoms with Gasteiger partial charge in [0.1, 0.15) is 0 Å². The average Bonchev–Trinajstić information content (AvgIpc) is 2.18. The number of anilines is 2. The summed E-state index contributed by atoms with van der Waals surface area (Å²) in [5, 5.41) is 0. The van der Waals surface area contributed by atoms with Crippen LogP contribution in [-0.2, 0) is 6.42 Å². The minimum absolute atomic E-state index is 0.726. The van der Waals surface area contributed by atoms with Crippen molar-refractivity contribution >= 4 is 11.4 Å². The molecule has 1 aromatic carbocycles. The zero-order valence-corrected chi connectivity index (χ0v) is 8.93. The van der Waals surface area contributed by atoms with Crippen LogP contribution in [0.15, 0.2) is 12.1 Å². The number of aryl methyl sites for hydroxylation is 2. The summed E-state index contributed by atoms with van der Waals surface area (Å²) >= 11 is 0. The molecular formula is C11H19N3. The van der Waals surface area contributed by atoms with Crippen LogP contribution in [0.1, 0.15) is 30.9 Å². The Bertz CT molecular complexity index is 308. The SMILES string of the molecule is CCCCc1cc(N)c(NN)cc1C. The van der Waals surface area contributed by atoms with E-state index in [1.165, 1.54) is 24.0 Å². The Kier molecular flexibility index (Phi) is 3.77. The van der Waals surface area contributed by atoms with E-state index in [9.17, 15) is 0 Å². The fourth-order valence-corrected chi connectivity index (χ4v) is 1.53. The lowest BCUT2D eigenvalue weighted by atomic mass is 10.0. The van der Waals surface area contributed by atoms with Gasteiger partial charge in [0.05, 0.1) is 11.4 Å². The van der Waals surface area contributed by atoms with E-state index in [0.717, 1.165) is 17.8 Å². The molecule has 0 saturated heterocycles. The van der Waals surface area contributed by atoms with E-state index >= 15 is 0 Å². The minimum Gasteiger partial charge on any atom is -0.397 e. The lowest BCUT2D eigenvalue weighted by Crippen LogP contribution is -2.10. The monoisotopic (exact) mass is 193 g/mol. The van der Waals surface area contributed by atoms with Crippen molar-refractivity contribution in [2.75, 3.05) is 11.2 Å². The van der Waals surface area contributed by atoms with Gasteiger partial charge in [0.2, 0.25) is 0 Å². The zero-order chi connectivity index (χ0) is 10.6. The number of hydrogen-bond donors (Lipinski definition) is 3. The van der Waals surface area contributed by atoms with E-state index in [-0.39, 0.29) is 0 Å². The van der Waals surface area contributed by atoms with Crippen molar-refractivity contribution in [3.8, 4) is 0 Å². The Morgan fingerprint density at radius 3 is 2.64 bits per heavy atom. The molecule has 0 radical (unpaired) electrons. The smallest absolute Gasteiger partial charge is 0.0718 e. The Morgan fingerprint density at radius 1 is 1.36 bits per heavy atom. The van der Waals surface area contributed by atoms with Gasteiger partial charge in [-0.1, -0.05) is 13.3 Å². The maximum atomic E-state index is 5.83. The third-order valence-corrected chi connectivity index (χ3v) is 2.46. The quantitative estimate of drug-likeness (QED) is 0.390. The molecule has 78 valence electrons. The first kappa shape index (κ1) is 10.9. The molecule has 0 bridgehead atoms. The van der Waals surface area contributed by atoms with Crippen LogP contribution in [0.2, 0.25) is 0 Å². The zero-order valence-electron chi connectivity index (χ0n) is 8.93. The van der Waals surface area contributed by atoms with Crippen LogP contribution >= 0.6 is 0 Å². The summed E-state index contributed by atoms with van der Waals surface area (Å²) in [5.74, 6) is 5.34. The van der Waals surface area contributed by atoms with Crippen molar-refractivity contribution in [1.29, 1.82) is 0 Å². The summed E-state index contributed by atoms with van der Waals surface area (Å²) in [5.41, 5.74) is 12.5. The molecule has 5 N–H and O–H groups in total. The van der Waals surface area contributed by atoms with Gasteiger partial charge < -0.3 is 11.2 Å². The Morgan fingerprint density at radius 2 is 2.07 bits per heavy atom. The molecular weight excluding hydrogens is 174 g/mol. The van der Waals surface area contributed by atoms with E-state index in [4.69, 9.17) is 11.6 Å². The average molecular weight is 193 g/mol. The molecule has 14 heavy (non-hydrogen) atoms. The molecule has 0 heterocycles. The third kappa shape index (κ3) is 2.39. The summed E-state index contributed by atoms with van der Waals surface area (Å²) in [4.78, 5) is 0. The Hall–Kier alpha value is -1.22. The van der Waals surface area contributed by atoms with Gasteiger partial charge in [-0.05, 0) is 43.0 Å².